The minimum absolute atomic E-state index is 0.0339. The van der Waals surface area contributed by atoms with Crippen LogP contribution in [0.25, 0.3) is 24.3 Å². The summed E-state index contributed by atoms with van der Waals surface area (Å²) in [5.41, 5.74) is 0.689. The van der Waals surface area contributed by atoms with Crippen LogP contribution in [0.15, 0.2) is 250 Å². The van der Waals surface area contributed by atoms with E-state index in [-0.39, 0.29) is 66.2 Å². The third-order valence-corrected chi connectivity index (χ3v) is 16.7. The highest BCUT2D eigenvalue weighted by molar-refractivity contribution is 7.87. The van der Waals surface area contributed by atoms with E-state index in [1.165, 1.54) is 109 Å². The van der Waals surface area contributed by atoms with Crippen LogP contribution < -0.4 is 0 Å². The zero-order valence-corrected chi connectivity index (χ0v) is 47.9. The fourth-order valence-corrected chi connectivity index (χ4v) is 11.0. The molecule has 8 aromatic carbocycles. The van der Waals surface area contributed by atoms with Crippen molar-refractivity contribution in [1.82, 2.24) is 0 Å². The highest BCUT2D eigenvalue weighted by Crippen LogP contribution is 2.33. The van der Waals surface area contributed by atoms with Gasteiger partial charge in [-0.25, -0.2) is 0 Å². The Morgan fingerprint density at radius 1 is 0.209 bits per heavy atom. The fourth-order valence-electron chi connectivity index (χ4n) is 7.26. The summed E-state index contributed by atoms with van der Waals surface area (Å²) in [5, 5.41) is 40.0. The predicted octanol–water partition coefficient (Wildman–Crippen LogP) is 13.6. The van der Waals surface area contributed by atoms with E-state index in [0.29, 0.717) is 22.7 Å². The summed E-state index contributed by atoms with van der Waals surface area (Å²) in [4.78, 5) is -3.45. The highest BCUT2D eigenvalue weighted by Gasteiger charge is 2.21. The van der Waals surface area contributed by atoms with Crippen molar-refractivity contribution in [1.29, 1.82) is 0 Å². The number of hydrogen-bond donors (Lipinski definition) is 6. The summed E-state index contributed by atoms with van der Waals surface area (Å²) in [6.07, 6.45) is 4.46. The second-order valence-corrected chi connectivity index (χ2v) is 25.8. The van der Waals surface area contributed by atoms with Gasteiger partial charge in [0.25, 0.3) is 60.7 Å². The van der Waals surface area contributed by atoms with Gasteiger partial charge in [0.1, 0.15) is 19.6 Å². The van der Waals surface area contributed by atoms with Gasteiger partial charge in [-0.1, -0.05) is 48.6 Å². The van der Waals surface area contributed by atoms with Crippen LogP contribution in [-0.2, 0) is 60.7 Å². The Morgan fingerprint density at radius 2 is 0.360 bits per heavy atom. The monoisotopic (exact) mass is 1280 g/mol. The van der Waals surface area contributed by atoms with Crippen molar-refractivity contribution in [2.45, 2.75) is 29.4 Å². The maximum absolute atomic E-state index is 12.6. The van der Waals surface area contributed by atoms with Gasteiger partial charge in [-0.2, -0.15) is 102 Å². The molecule has 0 aliphatic carbocycles. The molecule has 0 heterocycles. The molecule has 0 amide bonds. The second-order valence-electron chi connectivity index (χ2n) is 17.4. The second kappa shape index (κ2) is 25.5. The third kappa shape index (κ3) is 17.2. The summed E-state index contributed by atoms with van der Waals surface area (Å²) in [5.74, 6) is 0. The lowest BCUT2D eigenvalue weighted by molar-refractivity contribution is 0.480. The van der Waals surface area contributed by atoms with Gasteiger partial charge in [0.15, 0.2) is 0 Å². The van der Waals surface area contributed by atoms with Crippen molar-refractivity contribution in [3.05, 3.63) is 192 Å². The van der Waals surface area contributed by atoms with E-state index in [9.17, 15) is 68.7 Å². The van der Waals surface area contributed by atoms with E-state index in [4.69, 9.17) is 9.11 Å². The first-order chi connectivity index (χ1) is 40.3. The van der Waals surface area contributed by atoms with Crippen molar-refractivity contribution in [2.75, 3.05) is 0 Å². The molecule has 8 aromatic rings. The minimum Gasteiger partial charge on any atom is -0.282 e. The van der Waals surface area contributed by atoms with Gasteiger partial charge >= 0.3 is 0 Å². The Morgan fingerprint density at radius 3 is 0.523 bits per heavy atom. The van der Waals surface area contributed by atoms with Crippen molar-refractivity contribution in [2.24, 2.45) is 51.1 Å². The van der Waals surface area contributed by atoms with Crippen molar-refractivity contribution in [3.63, 3.8) is 0 Å². The van der Waals surface area contributed by atoms with Gasteiger partial charge in [0.05, 0.1) is 66.7 Å². The number of hydrogen-bond acceptors (Lipinski definition) is 22. The minimum atomic E-state index is -5.04. The molecule has 86 heavy (non-hydrogen) atoms. The van der Waals surface area contributed by atoms with Gasteiger partial charge in [0, 0.05) is 0 Å². The fraction of sp³-hybridized carbons (Fsp3) is 0. The molecule has 6 N–H and O–H groups in total. The first-order valence-electron chi connectivity index (χ1n) is 23.6. The SMILES string of the molecule is O=S(=O)(O)c1ccc(N=Nc2ccc(N=Nc3ccc(/C=C/c4ccc(N=Nc5ccc(/C=C/c6ccc(N=Nc7ccc(N=Nc8ccc(S(=O)(=O)O)cc8)cc7)cc6S(=O)(=O)O)c(S(=O)(=O)O)c5)cc4S(=O)(=O)O)c(S(=O)(=O)O)c3)cc2)cc1. The molecule has 0 fully saturated rings. The van der Waals surface area contributed by atoms with E-state index < -0.39 is 80.3 Å². The molecule has 0 aliphatic rings. The first-order valence-corrected chi connectivity index (χ1v) is 32.3. The molecule has 0 bridgehead atoms. The van der Waals surface area contributed by atoms with E-state index in [1.54, 1.807) is 0 Å². The molecule has 0 aliphatic heterocycles. The molecule has 8 rings (SSSR count). The van der Waals surface area contributed by atoms with Crippen LogP contribution in [0.4, 0.5) is 56.9 Å². The summed E-state index contributed by atoms with van der Waals surface area (Å²) in [7, 11) is -28.7. The highest BCUT2D eigenvalue weighted by atomic mass is 32.2. The average Bonchev–Trinajstić information content (AvgIpc) is 3.31. The van der Waals surface area contributed by atoms with E-state index >= 15 is 0 Å². The smallest absolute Gasteiger partial charge is 0.282 e. The average molecular weight is 1280 g/mol. The van der Waals surface area contributed by atoms with E-state index in [0.717, 1.165) is 85.0 Å². The summed E-state index contributed by atoms with van der Waals surface area (Å²) < 4.78 is 204. The van der Waals surface area contributed by atoms with Crippen LogP contribution in [0.5, 0.6) is 0 Å². The zero-order chi connectivity index (χ0) is 62.2. The number of azo groups is 5. The molecule has 0 atom stereocenters. The van der Waals surface area contributed by atoms with Crippen LogP contribution in [0, 0.1) is 0 Å². The largest absolute Gasteiger partial charge is 0.295 e. The van der Waals surface area contributed by atoms with Crippen LogP contribution in [-0.4, -0.2) is 77.8 Å². The van der Waals surface area contributed by atoms with Crippen LogP contribution in [0.2, 0.25) is 0 Å². The van der Waals surface area contributed by atoms with Gasteiger partial charge in [0.2, 0.25) is 0 Å². The zero-order valence-electron chi connectivity index (χ0n) is 43.0. The molecule has 0 unspecified atom stereocenters. The van der Waals surface area contributed by atoms with Crippen LogP contribution in [0.1, 0.15) is 22.3 Å². The summed E-state index contributed by atoms with van der Waals surface area (Å²) in [6.45, 7) is 0. The standard InChI is InChI=1S/C52H38N10O18S6/c63-81(64,65)47-25-21-41(22-26-47)55-53-37-13-17-39(18-14-37)57-59-43-9-5-33(49(29-43)83(69,70)71)1-3-35-7-11-45(31-51(35)85(75,76)77)61-62-46-12-8-36(52(32-46)86(78,79)80)4-2-34-6-10-44(30-50(34)84(72,73)74)60-58-40-19-15-38(16-20-40)54-56-42-23-27-48(28-24-42)82(66,67)68/h1-32H,(H,63,64,65)(H,66,67,68)(H,69,70,71)(H,72,73,74)(H,75,76,77)(H,78,79,80)/b3-1+,4-2+,55-53?,56-54?,59-57?,60-58?,62-61?. The van der Waals surface area contributed by atoms with Crippen molar-refractivity contribution < 1.29 is 77.8 Å². The first kappa shape index (κ1) is 62.7. The molecule has 28 nitrogen and oxygen atoms in total. The molecule has 0 radical (unpaired) electrons. The molecule has 34 heteroatoms. The van der Waals surface area contributed by atoms with Gasteiger partial charge in [-0.3, -0.25) is 27.3 Å². The molecule has 0 saturated carbocycles. The number of benzene rings is 8. The predicted molar refractivity (Wildman–Crippen MR) is 309 cm³/mol. The Kier molecular flexibility index (Phi) is 18.6. The molecule has 440 valence electrons. The molecule has 0 spiro atoms. The molecule has 0 aromatic heterocycles. The van der Waals surface area contributed by atoms with Crippen molar-refractivity contribution in [3.8, 4) is 0 Å². The Hall–Kier alpha value is -9.30. The number of nitrogens with zero attached hydrogens (tertiary/aromatic N) is 10. The Balaban J connectivity index is 0.950. The maximum atomic E-state index is 12.6. The maximum Gasteiger partial charge on any atom is 0.295 e. The molecular formula is C52H38N10O18S6. The molecule has 0 saturated heterocycles. The van der Waals surface area contributed by atoms with Gasteiger partial charge in [-0.15, -0.1) is 0 Å². The lowest BCUT2D eigenvalue weighted by atomic mass is 10.1. The molecular weight excluding hydrogens is 1250 g/mol. The third-order valence-electron chi connectivity index (χ3n) is 11.4. The van der Waals surface area contributed by atoms with Crippen molar-refractivity contribution >= 4 is 142 Å². The number of rotatable bonds is 20. The summed E-state index contributed by atoms with van der Waals surface area (Å²) >= 11 is 0. The topological polar surface area (TPSA) is 450 Å². The van der Waals surface area contributed by atoms with Gasteiger partial charge in [-0.05, 0) is 168 Å². The Labute approximate surface area is 489 Å². The van der Waals surface area contributed by atoms with E-state index in [2.05, 4.69) is 51.1 Å². The van der Waals surface area contributed by atoms with Gasteiger partial charge < -0.3 is 0 Å². The van der Waals surface area contributed by atoms with Crippen LogP contribution in [0.3, 0.4) is 0 Å². The Bertz CT molecular complexity index is 4580. The summed E-state index contributed by atoms with van der Waals surface area (Å²) in [6, 6.07) is 35.6. The normalized spacial score (nSPS) is 13.2. The lowest BCUT2D eigenvalue weighted by Gasteiger charge is -2.07. The lowest BCUT2D eigenvalue weighted by Crippen LogP contribution is -2.02. The van der Waals surface area contributed by atoms with Crippen LogP contribution >= 0.6 is 0 Å². The quantitative estimate of drug-likeness (QED) is 0.0234. The van der Waals surface area contributed by atoms with E-state index in [1.807, 2.05) is 0 Å².